The zero-order valence-electron chi connectivity index (χ0n) is 13.6. The van der Waals surface area contributed by atoms with Crippen molar-refractivity contribution in [2.24, 2.45) is 0 Å². The Balaban J connectivity index is 3.62. The van der Waals surface area contributed by atoms with E-state index in [-0.39, 0.29) is 11.9 Å². The third-order valence-corrected chi connectivity index (χ3v) is 3.35. The van der Waals surface area contributed by atoms with E-state index < -0.39 is 5.97 Å². The maximum atomic E-state index is 10.2. The molecule has 3 N–H and O–H groups in total. The van der Waals surface area contributed by atoms with Crippen molar-refractivity contribution >= 4 is 5.97 Å². The summed E-state index contributed by atoms with van der Waals surface area (Å²) in [6.45, 7) is 2.16. The third kappa shape index (κ3) is 14.9. The number of carboxylic acid groups (broad SMARTS) is 1. The number of carboxylic acids is 1. The van der Waals surface area contributed by atoms with E-state index in [1.807, 2.05) is 0 Å². The highest BCUT2D eigenvalue weighted by Crippen LogP contribution is 2.12. The number of carbonyl (C=O) groups is 1. The highest BCUT2D eigenvalue weighted by atomic mass is 16.4. The second kappa shape index (κ2) is 14.4. The summed E-state index contributed by atoms with van der Waals surface area (Å²) >= 11 is 0. The predicted octanol–water partition coefficient (Wildman–Crippen LogP) is 4.52. The summed E-state index contributed by atoms with van der Waals surface area (Å²) in [5.74, 6) is -0.861. The van der Waals surface area contributed by atoms with E-state index in [0.717, 1.165) is 51.0 Å². The van der Waals surface area contributed by atoms with E-state index in [2.05, 4.69) is 6.92 Å². The first-order chi connectivity index (χ1) is 10.6. The highest BCUT2D eigenvalue weighted by Gasteiger charge is 2.02. The number of hydrogen-bond acceptors (Lipinski definition) is 3. The topological polar surface area (TPSA) is 77.8 Å². The Morgan fingerprint density at radius 1 is 0.955 bits per heavy atom. The number of aliphatic hydroxyl groups excluding tert-OH is 2. The molecule has 0 amide bonds. The van der Waals surface area contributed by atoms with Gasteiger partial charge in [0.05, 0.1) is 6.10 Å². The Bertz CT molecular complexity index is 369. The van der Waals surface area contributed by atoms with Crippen LogP contribution in [-0.4, -0.2) is 27.4 Å². The van der Waals surface area contributed by atoms with Gasteiger partial charge in [-0.3, -0.25) is 0 Å². The summed E-state index contributed by atoms with van der Waals surface area (Å²) in [5.41, 5.74) is 0. The lowest BCUT2D eigenvalue weighted by atomic mass is 10.0. The van der Waals surface area contributed by atoms with Gasteiger partial charge in [-0.05, 0) is 37.8 Å². The molecule has 0 spiro atoms. The van der Waals surface area contributed by atoms with Crippen LogP contribution in [0.4, 0.5) is 0 Å². The van der Waals surface area contributed by atoms with Crippen molar-refractivity contribution in [1.82, 2.24) is 0 Å². The van der Waals surface area contributed by atoms with E-state index in [1.54, 1.807) is 6.08 Å². The van der Waals surface area contributed by atoms with Crippen molar-refractivity contribution < 1.29 is 20.1 Å². The Morgan fingerprint density at radius 3 is 2.23 bits per heavy atom. The molecule has 0 saturated carbocycles. The molecule has 0 aromatic rings. The molecule has 4 nitrogen and oxygen atoms in total. The van der Waals surface area contributed by atoms with Crippen LogP contribution in [0.3, 0.4) is 0 Å². The van der Waals surface area contributed by atoms with Gasteiger partial charge in [0.1, 0.15) is 5.76 Å². The molecule has 0 aliphatic rings. The lowest BCUT2D eigenvalue weighted by Crippen LogP contribution is -2.05. The van der Waals surface area contributed by atoms with Gasteiger partial charge < -0.3 is 15.3 Å². The Morgan fingerprint density at radius 2 is 1.59 bits per heavy atom. The first kappa shape index (κ1) is 20.5. The molecule has 0 bridgehead atoms. The molecular formula is C18H30O4. The maximum absolute atomic E-state index is 10.2. The van der Waals surface area contributed by atoms with Crippen molar-refractivity contribution in [3.63, 3.8) is 0 Å². The van der Waals surface area contributed by atoms with Crippen LogP contribution >= 0.6 is 0 Å². The number of unbranched alkanes of at least 4 members (excludes halogenated alkanes) is 5. The van der Waals surface area contributed by atoms with Gasteiger partial charge in [-0.25, -0.2) is 4.79 Å². The van der Waals surface area contributed by atoms with E-state index in [0.29, 0.717) is 0 Å². The fourth-order valence-electron chi connectivity index (χ4n) is 2.09. The first-order valence-electron chi connectivity index (χ1n) is 8.21. The quantitative estimate of drug-likeness (QED) is 0.202. The molecule has 1 atom stereocenters. The van der Waals surface area contributed by atoms with Gasteiger partial charge in [-0.1, -0.05) is 51.2 Å². The molecule has 0 aliphatic carbocycles. The molecular weight excluding hydrogens is 280 g/mol. The van der Waals surface area contributed by atoms with Crippen molar-refractivity contribution in [2.75, 3.05) is 0 Å². The molecule has 22 heavy (non-hydrogen) atoms. The Kier molecular flexibility index (Phi) is 13.4. The lowest BCUT2D eigenvalue weighted by molar-refractivity contribution is -0.131. The molecule has 0 aliphatic heterocycles. The fourth-order valence-corrected chi connectivity index (χ4v) is 2.09. The smallest absolute Gasteiger partial charge is 0.328 e. The molecule has 126 valence electrons. The SMILES string of the molecule is CCCCCC(O)CCCCC/C=C(O)/C=C/C=C/C(=O)O. The number of aliphatic carboxylic acids is 1. The summed E-state index contributed by atoms with van der Waals surface area (Å²) < 4.78 is 0. The van der Waals surface area contributed by atoms with Gasteiger partial charge in [0, 0.05) is 6.08 Å². The largest absolute Gasteiger partial charge is 0.508 e. The Hall–Kier alpha value is -1.55. The standard InChI is InChI=1S/C18H30O4/c1-2-3-6-11-16(19)12-7-4-5-8-13-17(20)14-9-10-15-18(21)22/h9-10,13-16,19-20H,2-8,11-12H2,1H3,(H,21,22)/b14-9+,15-10+,17-13-. The molecule has 1 unspecified atom stereocenters. The van der Waals surface area contributed by atoms with Crippen molar-refractivity contribution in [2.45, 2.75) is 70.8 Å². The van der Waals surface area contributed by atoms with E-state index in [9.17, 15) is 15.0 Å². The highest BCUT2D eigenvalue weighted by molar-refractivity contribution is 5.80. The van der Waals surface area contributed by atoms with Crippen LogP contribution in [0.1, 0.15) is 64.7 Å². The van der Waals surface area contributed by atoms with Gasteiger partial charge in [0.15, 0.2) is 0 Å². The van der Waals surface area contributed by atoms with Gasteiger partial charge in [0.2, 0.25) is 0 Å². The van der Waals surface area contributed by atoms with E-state index in [4.69, 9.17) is 5.11 Å². The van der Waals surface area contributed by atoms with E-state index in [1.165, 1.54) is 31.1 Å². The minimum Gasteiger partial charge on any atom is -0.508 e. The zero-order chi connectivity index (χ0) is 16.6. The molecule has 0 aromatic heterocycles. The molecule has 0 saturated heterocycles. The normalized spacial score (nSPS) is 14.0. The summed E-state index contributed by atoms with van der Waals surface area (Å²) in [7, 11) is 0. The number of allylic oxidation sites excluding steroid dienone is 4. The predicted molar refractivity (Wildman–Crippen MR) is 89.9 cm³/mol. The van der Waals surface area contributed by atoms with Gasteiger partial charge in [-0.2, -0.15) is 0 Å². The minimum absolute atomic E-state index is 0.148. The van der Waals surface area contributed by atoms with Gasteiger partial charge >= 0.3 is 5.97 Å². The van der Waals surface area contributed by atoms with Gasteiger partial charge in [-0.15, -0.1) is 0 Å². The second-order valence-corrected chi connectivity index (χ2v) is 5.47. The number of aliphatic hydroxyl groups is 2. The summed E-state index contributed by atoms with van der Waals surface area (Å²) in [6.07, 6.45) is 16.0. The van der Waals surface area contributed by atoms with Crippen molar-refractivity contribution in [1.29, 1.82) is 0 Å². The zero-order valence-corrected chi connectivity index (χ0v) is 13.6. The summed E-state index contributed by atoms with van der Waals surface area (Å²) in [6, 6.07) is 0. The summed E-state index contributed by atoms with van der Waals surface area (Å²) in [5, 5.41) is 27.7. The lowest BCUT2D eigenvalue weighted by Gasteiger charge is -2.09. The fraction of sp³-hybridized carbons (Fsp3) is 0.611. The van der Waals surface area contributed by atoms with Crippen LogP contribution in [0.25, 0.3) is 0 Å². The maximum Gasteiger partial charge on any atom is 0.328 e. The van der Waals surface area contributed by atoms with E-state index >= 15 is 0 Å². The Labute approximate surface area is 133 Å². The van der Waals surface area contributed by atoms with Crippen LogP contribution in [0.2, 0.25) is 0 Å². The molecule has 0 rings (SSSR count). The van der Waals surface area contributed by atoms with Crippen molar-refractivity contribution in [3.8, 4) is 0 Å². The average Bonchev–Trinajstić information content (AvgIpc) is 2.47. The first-order valence-corrected chi connectivity index (χ1v) is 8.21. The van der Waals surface area contributed by atoms with Crippen LogP contribution in [-0.2, 0) is 4.79 Å². The molecule has 0 heterocycles. The van der Waals surface area contributed by atoms with Crippen LogP contribution in [0, 0.1) is 0 Å². The number of hydrogen-bond donors (Lipinski definition) is 3. The van der Waals surface area contributed by atoms with Crippen LogP contribution in [0.5, 0.6) is 0 Å². The number of rotatable bonds is 13. The molecule has 0 fully saturated rings. The third-order valence-electron chi connectivity index (χ3n) is 3.35. The van der Waals surface area contributed by atoms with Crippen LogP contribution in [0.15, 0.2) is 36.1 Å². The monoisotopic (exact) mass is 310 g/mol. The average molecular weight is 310 g/mol. The van der Waals surface area contributed by atoms with Gasteiger partial charge in [0.25, 0.3) is 0 Å². The minimum atomic E-state index is -1.01. The summed E-state index contributed by atoms with van der Waals surface area (Å²) in [4.78, 5) is 10.2. The van der Waals surface area contributed by atoms with Crippen LogP contribution < -0.4 is 0 Å². The molecule has 4 heteroatoms. The molecule has 0 radical (unpaired) electrons. The second-order valence-electron chi connectivity index (χ2n) is 5.47. The molecule has 0 aromatic carbocycles. The van der Waals surface area contributed by atoms with Crippen molar-refractivity contribution in [3.05, 3.63) is 36.1 Å².